The van der Waals surface area contributed by atoms with Crippen LogP contribution < -0.4 is 5.32 Å². The van der Waals surface area contributed by atoms with Crippen molar-refractivity contribution in [3.05, 3.63) is 59.2 Å². The lowest BCUT2D eigenvalue weighted by atomic mass is 10.1. The van der Waals surface area contributed by atoms with E-state index in [0.29, 0.717) is 6.42 Å². The Hall–Kier alpha value is -2.35. The van der Waals surface area contributed by atoms with Gasteiger partial charge in [-0.25, -0.2) is 8.42 Å². The molecule has 2 aromatic carbocycles. The van der Waals surface area contributed by atoms with E-state index in [4.69, 9.17) is 0 Å². The van der Waals surface area contributed by atoms with Crippen LogP contribution in [-0.2, 0) is 16.0 Å². The predicted octanol–water partition coefficient (Wildman–Crippen LogP) is 4.45. The van der Waals surface area contributed by atoms with Crippen molar-refractivity contribution in [2.24, 2.45) is 0 Å². The molecule has 26 heavy (non-hydrogen) atoms. The highest BCUT2D eigenvalue weighted by Gasteiger charge is 2.32. The molecular weight excluding hydrogens is 367 g/mol. The fourth-order valence-corrected chi connectivity index (χ4v) is 4.05. The lowest BCUT2D eigenvalue weighted by molar-refractivity contribution is -0.138. The summed E-state index contributed by atoms with van der Waals surface area (Å²) in [6.45, 7) is 3.02. The van der Waals surface area contributed by atoms with Crippen LogP contribution in [0.5, 0.6) is 0 Å². The third-order valence-corrected chi connectivity index (χ3v) is 5.71. The van der Waals surface area contributed by atoms with Crippen LogP contribution in [0.1, 0.15) is 34.8 Å². The van der Waals surface area contributed by atoms with E-state index in [1.165, 1.54) is 43.3 Å². The van der Waals surface area contributed by atoms with Crippen LogP contribution in [0.25, 0.3) is 0 Å². The van der Waals surface area contributed by atoms with Gasteiger partial charge in [-0.15, -0.1) is 0 Å². The zero-order chi connectivity index (χ0) is 19.5. The van der Waals surface area contributed by atoms with E-state index in [1.807, 2.05) is 0 Å². The molecule has 0 radical (unpaired) electrons. The largest absolute Gasteiger partial charge is 0.416 e. The minimum Gasteiger partial charge on any atom is -0.322 e. The van der Waals surface area contributed by atoms with Crippen molar-refractivity contribution in [2.75, 3.05) is 11.1 Å². The Morgan fingerprint density at radius 1 is 1.12 bits per heavy atom. The normalized spacial score (nSPS) is 12.0. The third-order valence-electron chi connectivity index (χ3n) is 3.74. The second kappa shape index (κ2) is 7.49. The highest BCUT2D eigenvalue weighted by atomic mass is 32.2. The molecule has 0 heterocycles. The minimum atomic E-state index is -4.55. The van der Waals surface area contributed by atoms with Crippen molar-refractivity contribution < 1.29 is 26.4 Å². The molecule has 0 aliphatic heterocycles. The maximum atomic E-state index is 13.0. The zero-order valence-electron chi connectivity index (χ0n) is 14.2. The summed E-state index contributed by atoms with van der Waals surface area (Å²) < 4.78 is 63.6. The summed E-state index contributed by atoms with van der Waals surface area (Å²) in [7, 11) is -3.66. The summed E-state index contributed by atoms with van der Waals surface area (Å²) >= 11 is 0. The van der Waals surface area contributed by atoms with E-state index in [-0.39, 0.29) is 27.5 Å². The maximum Gasteiger partial charge on any atom is 0.416 e. The molecule has 0 aliphatic rings. The van der Waals surface area contributed by atoms with Gasteiger partial charge in [0, 0.05) is 5.69 Å². The van der Waals surface area contributed by atoms with Gasteiger partial charge < -0.3 is 5.32 Å². The van der Waals surface area contributed by atoms with Gasteiger partial charge in [-0.05, 0) is 43.2 Å². The van der Waals surface area contributed by atoms with Gasteiger partial charge in [0.15, 0.2) is 9.84 Å². The number of amides is 1. The minimum absolute atomic E-state index is 0.0291. The Morgan fingerprint density at radius 2 is 1.77 bits per heavy atom. The lowest BCUT2D eigenvalue weighted by Gasteiger charge is -2.14. The van der Waals surface area contributed by atoms with Crippen molar-refractivity contribution in [2.45, 2.75) is 31.3 Å². The molecule has 0 spiro atoms. The van der Waals surface area contributed by atoms with Gasteiger partial charge in [0.1, 0.15) is 0 Å². The van der Waals surface area contributed by atoms with E-state index >= 15 is 0 Å². The Kier molecular flexibility index (Phi) is 5.75. The van der Waals surface area contributed by atoms with Gasteiger partial charge in [0.05, 0.1) is 21.8 Å². The number of hydrogen-bond acceptors (Lipinski definition) is 3. The van der Waals surface area contributed by atoms with Crippen molar-refractivity contribution in [3.8, 4) is 0 Å². The van der Waals surface area contributed by atoms with Crippen LogP contribution in [0.4, 0.5) is 18.9 Å². The standard InChI is InChI=1S/C18H18F3NO3S/c1-3-10-26(24,25)16-7-5-4-6-14(16)17(23)22-13-9-8-12(2)15(11-13)18(19,20)21/h4-9,11H,3,10H2,1-2H3,(H,22,23). The number of anilines is 1. The summed E-state index contributed by atoms with van der Waals surface area (Å²) in [4.78, 5) is 12.3. The number of benzene rings is 2. The molecule has 0 unspecified atom stereocenters. The smallest absolute Gasteiger partial charge is 0.322 e. The third kappa shape index (κ3) is 4.43. The number of halogens is 3. The molecule has 0 saturated carbocycles. The van der Waals surface area contributed by atoms with E-state index in [9.17, 15) is 26.4 Å². The Balaban J connectivity index is 2.38. The van der Waals surface area contributed by atoms with Crippen molar-refractivity contribution in [1.29, 1.82) is 0 Å². The lowest BCUT2D eigenvalue weighted by Crippen LogP contribution is -2.18. The van der Waals surface area contributed by atoms with Crippen LogP contribution in [0, 0.1) is 6.92 Å². The predicted molar refractivity (Wildman–Crippen MR) is 92.9 cm³/mol. The van der Waals surface area contributed by atoms with Crippen molar-refractivity contribution >= 4 is 21.4 Å². The van der Waals surface area contributed by atoms with Crippen LogP contribution in [0.15, 0.2) is 47.4 Å². The monoisotopic (exact) mass is 385 g/mol. The Morgan fingerprint density at radius 3 is 2.38 bits per heavy atom. The summed E-state index contributed by atoms with van der Waals surface area (Å²) in [5, 5.41) is 2.35. The van der Waals surface area contributed by atoms with E-state index < -0.39 is 27.5 Å². The number of rotatable bonds is 5. The molecule has 0 aliphatic carbocycles. The summed E-state index contributed by atoms with van der Waals surface area (Å²) in [6.07, 6.45) is -4.17. The molecule has 8 heteroatoms. The second-order valence-corrected chi connectivity index (χ2v) is 7.87. The van der Waals surface area contributed by atoms with Crippen molar-refractivity contribution in [1.82, 2.24) is 0 Å². The molecule has 0 saturated heterocycles. The van der Waals surface area contributed by atoms with Crippen LogP contribution in [0.2, 0.25) is 0 Å². The molecule has 1 N–H and O–H groups in total. The molecular formula is C18H18F3NO3S. The molecule has 2 aromatic rings. The van der Waals surface area contributed by atoms with E-state index in [2.05, 4.69) is 5.32 Å². The quantitative estimate of drug-likeness (QED) is 0.827. The van der Waals surface area contributed by atoms with E-state index in [1.54, 1.807) is 6.92 Å². The number of aryl methyl sites for hydroxylation is 1. The van der Waals surface area contributed by atoms with Gasteiger partial charge in [0.2, 0.25) is 0 Å². The Labute approximate surface area is 150 Å². The molecule has 4 nitrogen and oxygen atoms in total. The molecule has 0 atom stereocenters. The second-order valence-electron chi connectivity index (χ2n) is 5.80. The highest BCUT2D eigenvalue weighted by Crippen LogP contribution is 2.33. The van der Waals surface area contributed by atoms with Crippen LogP contribution in [0.3, 0.4) is 0 Å². The molecule has 0 bridgehead atoms. The Bertz CT molecular complexity index is 922. The number of hydrogen-bond donors (Lipinski definition) is 1. The number of carbonyl (C=O) groups excluding carboxylic acids is 1. The number of nitrogens with one attached hydrogen (secondary N) is 1. The van der Waals surface area contributed by atoms with Crippen LogP contribution in [-0.4, -0.2) is 20.1 Å². The molecule has 0 fully saturated rings. The molecule has 140 valence electrons. The SMILES string of the molecule is CCCS(=O)(=O)c1ccccc1C(=O)Nc1ccc(C)c(C(F)(F)F)c1. The van der Waals surface area contributed by atoms with Gasteiger partial charge in [0.25, 0.3) is 5.91 Å². The first kappa shape index (κ1) is 20.0. The average molecular weight is 385 g/mol. The van der Waals surface area contributed by atoms with Gasteiger partial charge in [-0.3, -0.25) is 4.79 Å². The van der Waals surface area contributed by atoms with Gasteiger partial charge in [-0.1, -0.05) is 25.1 Å². The number of alkyl halides is 3. The first-order valence-corrected chi connectivity index (χ1v) is 9.52. The zero-order valence-corrected chi connectivity index (χ0v) is 15.0. The average Bonchev–Trinajstić information content (AvgIpc) is 2.55. The number of carbonyl (C=O) groups is 1. The van der Waals surface area contributed by atoms with Gasteiger partial charge in [-0.2, -0.15) is 13.2 Å². The first-order chi connectivity index (χ1) is 12.1. The topological polar surface area (TPSA) is 63.2 Å². The van der Waals surface area contributed by atoms with Crippen molar-refractivity contribution in [3.63, 3.8) is 0 Å². The van der Waals surface area contributed by atoms with Gasteiger partial charge >= 0.3 is 6.18 Å². The fraction of sp³-hybridized carbons (Fsp3) is 0.278. The molecule has 0 aromatic heterocycles. The molecule has 1 amide bonds. The maximum absolute atomic E-state index is 13.0. The van der Waals surface area contributed by atoms with Crippen LogP contribution >= 0.6 is 0 Å². The summed E-state index contributed by atoms with van der Waals surface area (Å²) in [5.74, 6) is -0.905. The van der Waals surface area contributed by atoms with E-state index in [0.717, 1.165) is 6.07 Å². The number of sulfone groups is 1. The summed E-state index contributed by atoms with van der Waals surface area (Å²) in [6, 6.07) is 9.05. The highest BCUT2D eigenvalue weighted by molar-refractivity contribution is 7.91. The molecule has 2 rings (SSSR count). The fourth-order valence-electron chi connectivity index (χ4n) is 2.51. The first-order valence-electron chi connectivity index (χ1n) is 7.87. The summed E-state index contributed by atoms with van der Waals surface area (Å²) in [5.41, 5.74) is -0.991.